The molecule has 3 aromatic carbocycles. The first-order valence-corrected chi connectivity index (χ1v) is 10.9. The third kappa shape index (κ3) is 2.44. The fraction of sp³-hybridized carbons (Fsp3) is 0.0952. The van der Waals surface area contributed by atoms with Crippen molar-refractivity contribution in [2.24, 2.45) is 0 Å². The predicted molar refractivity (Wildman–Crippen MR) is 107 cm³/mol. The van der Waals surface area contributed by atoms with Gasteiger partial charge in [-0.2, -0.15) is 0 Å². The Hall–Kier alpha value is -1.99. The molecular weight excluding hydrogens is 466 g/mol. The average Bonchev–Trinajstić information content (AvgIpc) is 3.00. The molecule has 0 fully saturated rings. The van der Waals surface area contributed by atoms with Gasteiger partial charge < -0.3 is 0 Å². The van der Waals surface area contributed by atoms with Gasteiger partial charge in [-0.3, -0.25) is 0 Å². The van der Waals surface area contributed by atoms with Gasteiger partial charge >= 0.3 is 174 Å². The van der Waals surface area contributed by atoms with E-state index in [2.05, 4.69) is 12.1 Å². The van der Waals surface area contributed by atoms with Gasteiger partial charge in [-0.05, 0) is 0 Å². The molecular formula is C21H16As2O4. The van der Waals surface area contributed by atoms with Crippen LogP contribution in [0, 0.1) is 0 Å². The summed E-state index contributed by atoms with van der Waals surface area (Å²) in [5, 5.41) is 9.50. The molecule has 27 heavy (non-hydrogen) atoms. The molecule has 2 heterocycles. The first kappa shape index (κ1) is 17.1. The molecule has 0 saturated carbocycles. The molecule has 2 aliphatic rings. The Kier molecular flexibility index (Phi) is 3.81. The number of carbonyl (C=O) groups is 1. The van der Waals surface area contributed by atoms with E-state index in [0.717, 1.165) is 42.5 Å². The normalized spacial score (nSPS) is 15.6. The van der Waals surface area contributed by atoms with Gasteiger partial charge in [-0.1, -0.05) is 0 Å². The van der Waals surface area contributed by atoms with Crippen molar-refractivity contribution in [3.63, 3.8) is 0 Å². The van der Waals surface area contributed by atoms with Crippen LogP contribution in [0.5, 0.6) is 11.5 Å². The van der Waals surface area contributed by atoms with Gasteiger partial charge in [-0.25, -0.2) is 0 Å². The van der Waals surface area contributed by atoms with Crippen molar-refractivity contribution >= 4 is 48.4 Å². The fourth-order valence-corrected chi connectivity index (χ4v) is 5.00. The number of carboxylic acid groups (broad SMARTS) is 1. The van der Waals surface area contributed by atoms with Gasteiger partial charge in [0.2, 0.25) is 0 Å². The molecule has 4 nitrogen and oxygen atoms in total. The fourth-order valence-electron chi connectivity index (χ4n) is 3.96. The van der Waals surface area contributed by atoms with E-state index in [1.165, 1.54) is 33.7 Å². The van der Waals surface area contributed by atoms with Crippen LogP contribution < -0.4 is 13.4 Å². The van der Waals surface area contributed by atoms with E-state index in [1.54, 1.807) is 12.1 Å². The zero-order valence-corrected chi connectivity index (χ0v) is 19.1. The van der Waals surface area contributed by atoms with Crippen LogP contribution in [-0.4, -0.2) is 44.8 Å². The molecule has 1 N–H and O–H groups in total. The molecule has 2 unspecified atom stereocenters. The zero-order valence-electron chi connectivity index (χ0n) is 14.2. The number of aromatic carboxylic acids is 1. The summed E-state index contributed by atoms with van der Waals surface area (Å²) >= 11 is 3.06. The second-order valence-corrected chi connectivity index (χ2v) is 9.56. The van der Waals surface area contributed by atoms with E-state index in [0.29, 0.717) is 6.61 Å². The summed E-state index contributed by atoms with van der Waals surface area (Å²) in [7, 11) is 0. The number of rotatable bonds is 1. The minimum atomic E-state index is -0.939. The maximum atomic E-state index is 11.6. The molecule has 0 amide bonds. The van der Waals surface area contributed by atoms with Crippen LogP contribution in [0.25, 0.3) is 0 Å². The minimum absolute atomic E-state index is 0.263. The summed E-state index contributed by atoms with van der Waals surface area (Å²) in [5.41, 5.74) is 3.16. The van der Waals surface area contributed by atoms with Crippen LogP contribution >= 0.6 is 0 Å². The molecule has 3 aromatic rings. The number of fused-ring (bicyclic) bond motifs is 6. The number of carboxylic acids is 1. The van der Waals surface area contributed by atoms with E-state index in [9.17, 15) is 9.90 Å². The Labute approximate surface area is 173 Å². The van der Waals surface area contributed by atoms with Crippen molar-refractivity contribution in [1.29, 1.82) is 0 Å². The van der Waals surface area contributed by atoms with Gasteiger partial charge in [0.05, 0.1) is 0 Å². The van der Waals surface area contributed by atoms with Crippen LogP contribution in [0.3, 0.4) is 0 Å². The molecule has 0 aliphatic carbocycles. The Morgan fingerprint density at radius 1 is 0.889 bits per heavy atom. The first-order chi connectivity index (χ1) is 13.0. The van der Waals surface area contributed by atoms with Crippen LogP contribution in [0.2, 0.25) is 0 Å². The standard InChI is InChI=1S/C21H16As2O4/c22-13-3-5-15-18(8-13)27-19-9-14(23)4-6-16(19)21(15)17-7-11(20(24)25)1-2-12(17)10-26-21/h1-9H,10,22-23H2,(H,24,25). The molecule has 2 aliphatic heterocycles. The van der Waals surface area contributed by atoms with Crippen molar-refractivity contribution in [3.8, 4) is 11.5 Å². The van der Waals surface area contributed by atoms with Gasteiger partial charge in [0, 0.05) is 0 Å². The summed E-state index contributed by atoms with van der Waals surface area (Å²) in [4.78, 5) is 11.6. The molecule has 0 bridgehead atoms. The second-order valence-electron chi connectivity index (χ2n) is 6.76. The van der Waals surface area contributed by atoms with Crippen LogP contribution in [0.15, 0.2) is 54.6 Å². The zero-order chi connectivity index (χ0) is 18.8. The summed E-state index contributed by atoms with van der Waals surface area (Å²) in [6.45, 7) is 0.434. The predicted octanol–water partition coefficient (Wildman–Crippen LogP) is 0.829. The Balaban J connectivity index is 1.86. The Bertz CT molecular complexity index is 1070. The quantitative estimate of drug-likeness (QED) is 0.523. The molecule has 0 saturated heterocycles. The van der Waals surface area contributed by atoms with Crippen molar-refractivity contribution in [1.82, 2.24) is 0 Å². The molecule has 5 rings (SSSR count). The van der Waals surface area contributed by atoms with Gasteiger partial charge in [0.25, 0.3) is 0 Å². The van der Waals surface area contributed by atoms with E-state index in [-0.39, 0.29) is 5.56 Å². The van der Waals surface area contributed by atoms with E-state index in [1.807, 2.05) is 30.3 Å². The van der Waals surface area contributed by atoms with Crippen LogP contribution in [-0.2, 0) is 16.9 Å². The first-order valence-electron chi connectivity index (χ1n) is 8.47. The van der Waals surface area contributed by atoms with Gasteiger partial charge in [0.1, 0.15) is 0 Å². The SMILES string of the molecule is O=C(O)c1ccc2c(c1)C1(OC2)c2ccc([AsH2])cc2Oc2cc([AsH2])ccc21. The molecule has 6 heteroatoms. The summed E-state index contributed by atoms with van der Waals surface area (Å²) < 4.78 is 15.0. The second kappa shape index (κ2) is 6.00. The Morgan fingerprint density at radius 2 is 1.52 bits per heavy atom. The van der Waals surface area contributed by atoms with Gasteiger partial charge in [0.15, 0.2) is 0 Å². The van der Waals surface area contributed by atoms with E-state index >= 15 is 0 Å². The van der Waals surface area contributed by atoms with E-state index in [4.69, 9.17) is 9.47 Å². The third-order valence-electron chi connectivity index (χ3n) is 5.17. The molecule has 0 aromatic heterocycles. The monoisotopic (exact) mass is 482 g/mol. The van der Waals surface area contributed by atoms with Crippen molar-refractivity contribution in [2.75, 3.05) is 0 Å². The summed E-state index contributed by atoms with van der Waals surface area (Å²) in [6, 6.07) is 17.5. The van der Waals surface area contributed by atoms with Crippen molar-refractivity contribution < 1.29 is 19.4 Å². The number of ether oxygens (including phenoxy) is 2. The van der Waals surface area contributed by atoms with Crippen molar-refractivity contribution in [3.05, 3.63) is 82.4 Å². The number of hydrogen-bond donors (Lipinski definition) is 1. The average molecular weight is 482 g/mol. The molecule has 134 valence electrons. The molecule has 0 radical (unpaired) electrons. The summed E-state index contributed by atoms with van der Waals surface area (Å²) in [5.74, 6) is 0.609. The third-order valence-corrected chi connectivity index (χ3v) is 6.68. The molecule has 2 atom stereocenters. The van der Waals surface area contributed by atoms with Gasteiger partial charge in [-0.15, -0.1) is 0 Å². The maximum absolute atomic E-state index is 11.6. The molecule has 1 spiro atoms. The van der Waals surface area contributed by atoms with Crippen LogP contribution in [0.1, 0.15) is 32.6 Å². The number of benzene rings is 3. The number of hydrogen-bond acceptors (Lipinski definition) is 3. The Morgan fingerprint density at radius 3 is 2.11 bits per heavy atom. The van der Waals surface area contributed by atoms with Crippen molar-refractivity contribution in [2.45, 2.75) is 12.2 Å². The topological polar surface area (TPSA) is 55.8 Å². The summed E-state index contributed by atoms with van der Waals surface area (Å²) in [6.07, 6.45) is 0. The van der Waals surface area contributed by atoms with Crippen LogP contribution in [0.4, 0.5) is 0 Å². The van der Waals surface area contributed by atoms with E-state index < -0.39 is 11.6 Å².